The molecule has 46 heavy (non-hydrogen) atoms. The molecule has 0 radical (unpaired) electrons. The minimum Gasteiger partial charge on any atom is -0.494 e. The summed E-state index contributed by atoms with van der Waals surface area (Å²) in [5.74, 6) is -1.55. The van der Waals surface area contributed by atoms with Crippen molar-refractivity contribution >= 4 is 29.1 Å². The van der Waals surface area contributed by atoms with E-state index in [0.717, 1.165) is 62.4 Å². The highest BCUT2D eigenvalue weighted by Gasteiger charge is 2.23. The number of Topliss-reactive ketones (excluding diaryl/α,β-unsaturated/α-hetero) is 1. The zero-order chi connectivity index (χ0) is 34.2. The van der Waals surface area contributed by atoms with Gasteiger partial charge in [0.25, 0.3) is 5.56 Å². The van der Waals surface area contributed by atoms with E-state index >= 15 is 0 Å². The summed E-state index contributed by atoms with van der Waals surface area (Å²) in [7, 11) is 0. The van der Waals surface area contributed by atoms with E-state index in [0.29, 0.717) is 6.42 Å². The number of aromatic hydroxyl groups is 1. The number of nitrogens with zero attached hydrogens (tertiary/aromatic N) is 3. The topological polar surface area (TPSA) is 137 Å². The van der Waals surface area contributed by atoms with Gasteiger partial charge in [-0.25, -0.2) is 9.59 Å². The maximum absolute atomic E-state index is 13.4. The summed E-state index contributed by atoms with van der Waals surface area (Å²) >= 11 is 0. The molecule has 0 aliphatic heterocycles. The largest absolute Gasteiger partial charge is 0.494 e. The van der Waals surface area contributed by atoms with E-state index in [4.69, 9.17) is 9.47 Å². The Balaban J connectivity index is 2.57. The van der Waals surface area contributed by atoms with Crippen LogP contribution in [0.4, 0.5) is 11.4 Å². The second-order valence-corrected chi connectivity index (χ2v) is 12.0. The lowest BCUT2D eigenvalue weighted by Crippen LogP contribution is -2.23. The summed E-state index contributed by atoms with van der Waals surface area (Å²) in [5, 5.41) is 19.2. The molecule has 10 heteroatoms. The molecule has 0 fully saturated rings. The number of unbranched alkanes of at least 4 members (excludes halogenated alkanes) is 3. The molecule has 0 amide bonds. The number of ether oxygens (including phenoxy) is 2. The highest BCUT2D eigenvalue weighted by atomic mass is 16.5. The van der Waals surface area contributed by atoms with Gasteiger partial charge in [-0.2, -0.15) is 0 Å². The zero-order valence-electron chi connectivity index (χ0n) is 28.8. The molecule has 0 spiro atoms. The van der Waals surface area contributed by atoms with Crippen molar-refractivity contribution in [3.05, 3.63) is 50.8 Å². The van der Waals surface area contributed by atoms with Crippen LogP contribution in [0.3, 0.4) is 0 Å². The minimum absolute atomic E-state index is 0.0205. The highest BCUT2D eigenvalue weighted by Crippen LogP contribution is 2.30. The number of ketones is 1. The van der Waals surface area contributed by atoms with Gasteiger partial charge in [0, 0.05) is 6.54 Å². The lowest BCUT2D eigenvalue weighted by Gasteiger charge is -2.16. The van der Waals surface area contributed by atoms with E-state index in [1.54, 1.807) is 0 Å². The van der Waals surface area contributed by atoms with Crippen LogP contribution in [0.25, 0.3) is 0 Å². The van der Waals surface area contributed by atoms with Gasteiger partial charge in [0.1, 0.15) is 5.69 Å². The maximum Gasteiger partial charge on any atom is 0.340 e. The molecule has 254 valence electrons. The molecule has 0 aliphatic rings. The van der Waals surface area contributed by atoms with E-state index in [1.807, 2.05) is 6.92 Å². The van der Waals surface area contributed by atoms with Crippen LogP contribution >= 0.6 is 0 Å². The van der Waals surface area contributed by atoms with Crippen molar-refractivity contribution in [2.24, 2.45) is 22.1 Å². The number of carbonyl (C=O) groups excluding carboxylic acids is 3. The lowest BCUT2D eigenvalue weighted by atomic mass is 10.0. The molecule has 2 unspecified atom stereocenters. The number of rotatable bonds is 20. The van der Waals surface area contributed by atoms with E-state index in [9.17, 15) is 24.3 Å². The third-order valence-corrected chi connectivity index (χ3v) is 8.44. The van der Waals surface area contributed by atoms with Gasteiger partial charge in [0.2, 0.25) is 5.88 Å². The summed E-state index contributed by atoms with van der Waals surface area (Å²) in [6.07, 6.45) is 9.21. The summed E-state index contributed by atoms with van der Waals surface area (Å²) in [6, 6.07) is 4.36. The number of azo groups is 1. The van der Waals surface area contributed by atoms with Crippen molar-refractivity contribution in [1.29, 1.82) is 0 Å². The van der Waals surface area contributed by atoms with Gasteiger partial charge in [-0.3, -0.25) is 14.2 Å². The average Bonchev–Trinajstić information content (AvgIpc) is 3.04. The predicted molar refractivity (Wildman–Crippen MR) is 180 cm³/mol. The molecule has 0 saturated heterocycles. The van der Waals surface area contributed by atoms with E-state index in [2.05, 4.69) is 37.9 Å². The van der Waals surface area contributed by atoms with Gasteiger partial charge in [-0.1, -0.05) is 79.6 Å². The van der Waals surface area contributed by atoms with E-state index < -0.39 is 29.2 Å². The van der Waals surface area contributed by atoms with Gasteiger partial charge >= 0.3 is 11.9 Å². The second-order valence-electron chi connectivity index (χ2n) is 12.0. The summed E-state index contributed by atoms with van der Waals surface area (Å²) < 4.78 is 12.4. The van der Waals surface area contributed by atoms with Crippen LogP contribution in [0.1, 0.15) is 142 Å². The molecule has 10 nitrogen and oxygen atoms in total. The second kappa shape index (κ2) is 19.6. The predicted octanol–water partition coefficient (Wildman–Crippen LogP) is 9.03. The summed E-state index contributed by atoms with van der Waals surface area (Å²) in [5.41, 5.74) is -0.323. The van der Waals surface area contributed by atoms with Crippen LogP contribution < -0.4 is 5.56 Å². The molecule has 1 heterocycles. The van der Waals surface area contributed by atoms with Crippen LogP contribution in [0, 0.1) is 18.8 Å². The molecule has 2 aromatic rings. The monoisotopic (exact) mass is 639 g/mol. The molecule has 1 aromatic heterocycles. The van der Waals surface area contributed by atoms with Crippen molar-refractivity contribution in [2.75, 3.05) is 13.2 Å². The Morgan fingerprint density at radius 1 is 0.848 bits per heavy atom. The molecule has 0 bridgehead atoms. The molecular weight excluding hydrogens is 586 g/mol. The third-order valence-electron chi connectivity index (χ3n) is 8.44. The van der Waals surface area contributed by atoms with Crippen LogP contribution in [0.15, 0.2) is 33.2 Å². The Hall–Kier alpha value is -3.82. The molecule has 1 N–H and O–H groups in total. The molecule has 2 rings (SSSR count). The minimum atomic E-state index is -0.623. The Morgan fingerprint density at radius 2 is 1.41 bits per heavy atom. The summed E-state index contributed by atoms with van der Waals surface area (Å²) in [6.45, 7) is 13.8. The fourth-order valence-corrected chi connectivity index (χ4v) is 5.23. The number of hydrogen-bond acceptors (Lipinski definition) is 9. The van der Waals surface area contributed by atoms with Gasteiger partial charge < -0.3 is 14.6 Å². The third kappa shape index (κ3) is 10.6. The first-order chi connectivity index (χ1) is 22.0. The van der Waals surface area contributed by atoms with Gasteiger partial charge in [-0.15, -0.1) is 10.2 Å². The lowest BCUT2D eigenvalue weighted by molar-refractivity contribution is 0.0415. The highest BCUT2D eigenvalue weighted by molar-refractivity contribution is 5.99. The van der Waals surface area contributed by atoms with Crippen molar-refractivity contribution < 1.29 is 29.0 Å². The smallest absolute Gasteiger partial charge is 0.340 e. The molecule has 1 aromatic carbocycles. The molecule has 2 atom stereocenters. The van der Waals surface area contributed by atoms with Crippen LogP contribution in [-0.2, 0) is 16.0 Å². The molecule has 0 aliphatic carbocycles. The quantitative estimate of drug-likeness (QED) is 0.0867. The van der Waals surface area contributed by atoms with Crippen LogP contribution in [0.5, 0.6) is 5.88 Å². The SMILES string of the molecule is CCCCC(CC)COC(=O)c1ccc(C(=O)OCC(CC)CCCC)c(N=Nc2c(C)c(C(C)=O)c(O)n(CCCC)c2=O)c1. The van der Waals surface area contributed by atoms with Gasteiger partial charge in [-0.05, 0) is 68.7 Å². The van der Waals surface area contributed by atoms with Gasteiger partial charge in [0.05, 0.1) is 29.9 Å². The normalized spacial score (nSPS) is 12.7. The first-order valence-corrected chi connectivity index (χ1v) is 16.9. The summed E-state index contributed by atoms with van der Waals surface area (Å²) in [4.78, 5) is 52.3. The average molecular weight is 640 g/mol. The first kappa shape index (κ1) is 38.4. The van der Waals surface area contributed by atoms with E-state index in [1.165, 1.54) is 32.0 Å². The van der Waals surface area contributed by atoms with Gasteiger partial charge in [0.15, 0.2) is 11.5 Å². The number of aromatic nitrogens is 1. The first-order valence-electron chi connectivity index (χ1n) is 16.9. The Kier molecular flexibility index (Phi) is 16.4. The Bertz CT molecular complexity index is 1410. The number of pyridine rings is 1. The van der Waals surface area contributed by atoms with Crippen molar-refractivity contribution in [3.8, 4) is 5.88 Å². The number of hydrogen-bond donors (Lipinski definition) is 1. The fraction of sp³-hybridized carbons (Fsp3) is 0.611. The van der Waals surface area contributed by atoms with Crippen LogP contribution in [-0.4, -0.2) is 40.6 Å². The van der Waals surface area contributed by atoms with Crippen LogP contribution in [0.2, 0.25) is 0 Å². The standard InChI is InChI=1S/C36H53N3O7/c1-8-13-16-26(11-4)22-45-35(43)28-18-19-29(36(44)46-23-27(12-5)17-14-9-2)30(21-28)37-38-32-24(6)31(25(7)40)33(41)39(34(32)42)20-15-10-3/h18-19,21,26-27,41H,8-17,20,22-23H2,1-7H3. The van der Waals surface area contributed by atoms with Crippen molar-refractivity contribution in [2.45, 2.75) is 119 Å². The molecular formula is C36H53N3O7. The number of carbonyl (C=O) groups is 3. The molecule has 0 saturated carbocycles. The number of esters is 2. The zero-order valence-corrected chi connectivity index (χ0v) is 28.8. The maximum atomic E-state index is 13.4. The van der Waals surface area contributed by atoms with Crippen molar-refractivity contribution in [1.82, 2.24) is 4.57 Å². The Morgan fingerprint density at radius 3 is 1.93 bits per heavy atom. The van der Waals surface area contributed by atoms with E-state index in [-0.39, 0.29) is 65.2 Å². The Labute approximate surface area is 273 Å². The fourth-order valence-electron chi connectivity index (χ4n) is 5.23. The van der Waals surface area contributed by atoms with Crippen molar-refractivity contribution in [3.63, 3.8) is 0 Å². The number of benzene rings is 1.